The monoisotopic (exact) mass is 222 g/mol. The Morgan fingerprint density at radius 2 is 2.13 bits per heavy atom. The first-order valence-corrected chi connectivity index (χ1v) is 6.34. The van der Waals surface area contributed by atoms with Gasteiger partial charge in [0.2, 0.25) is 0 Å². The molecule has 2 nitrogen and oxygen atoms in total. The Labute approximate surface area is 95.4 Å². The molecule has 15 heavy (non-hydrogen) atoms. The van der Waals surface area contributed by atoms with E-state index in [2.05, 4.69) is 12.1 Å². The summed E-state index contributed by atoms with van der Waals surface area (Å²) in [6.45, 7) is 2.05. The van der Waals surface area contributed by atoms with E-state index in [1.165, 1.54) is 17.7 Å². The molecule has 2 rings (SSSR count). The number of rotatable bonds is 2. The Morgan fingerprint density at radius 1 is 1.33 bits per heavy atom. The van der Waals surface area contributed by atoms with Crippen LogP contribution in [-0.4, -0.2) is 11.3 Å². The standard InChI is InChI=1S/C12H18N2S/c1-8-4-2-7-11(12(8)14)15-10-6-3-5-9(10)13/h2,4,7,9-10H,3,5-6,13-14H2,1H3. The molecular formula is C12H18N2S. The highest BCUT2D eigenvalue weighted by Gasteiger charge is 2.25. The van der Waals surface area contributed by atoms with Gasteiger partial charge < -0.3 is 11.5 Å². The lowest BCUT2D eigenvalue weighted by atomic mass is 10.2. The molecule has 1 aliphatic rings. The van der Waals surface area contributed by atoms with Crippen molar-refractivity contribution in [1.29, 1.82) is 0 Å². The van der Waals surface area contributed by atoms with E-state index in [9.17, 15) is 0 Å². The molecule has 0 radical (unpaired) electrons. The lowest BCUT2D eigenvalue weighted by Gasteiger charge is -2.16. The topological polar surface area (TPSA) is 52.0 Å². The molecule has 2 atom stereocenters. The lowest BCUT2D eigenvalue weighted by Crippen LogP contribution is -2.26. The molecule has 0 aliphatic heterocycles. The van der Waals surface area contributed by atoms with Crippen LogP contribution in [0.3, 0.4) is 0 Å². The van der Waals surface area contributed by atoms with Gasteiger partial charge in [-0.2, -0.15) is 0 Å². The van der Waals surface area contributed by atoms with Crippen LogP contribution in [0.1, 0.15) is 24.8 Å². The lowest BCUT2D eigenvalue weighted by molar-refractivity contribution is 0.716. The van der Waals surface area contributed by atoms with Crippen LogP contribution in [-0.2, 0) is 0 Å². The molecular weight excluding hydrogens is 204 g/mol. The van der Waals surface area contributed by atoms with E-state index in [4.69, 9.17) is 11.5 Å². The molecule has 3 heteroatoms. The van der Waals surface area contributed by atoms with E-state index in [1.54, 1.807) is 0 Å². The molecule has 2 unspecified atom stereocenters. The maximum absolute atomic E-state index is 6.05. The fourth-order valence-corrected chi connectivity index (χ4v) is 3.39. The second-order valence-electron chi connectivity index (χ2n) is 4.24. The number of benzene rings is 1. The van der Waals surface area contributed by atoms with Crippen LogP contribution in [0, 0.1) is 6.92 Å². The number of aryl methyl sites for hydroxylation is 1. The highest BCUT2D eigenvalue weighted by molar-refractivity contribution is 8.00. The minimum Gasteiger partial charge on any atom is -0.398 e. The number of anilines is 1. The molecule has 1 aliphatic carbocycles. The average molecular weight is 222 g/mol. The zero-order chi connectivity index (χ0) is 10.8. The third-order valence-corrected chi connectivity index (χ3v) is 4.56. The molecule has 0 bridgehead atoms. The quantitative estimate of drug-likeness (QED) is 0.756. The van der Waals surface area contributed by atoms with E-state index in [1.807, 2.05) is 24.8 Å². The maximum Gasteiger partial charge on any atom is 0.0482 e. The van der Waals surface area contributed by atoms with Crippen LogP contribution >= 0.6 is 11.8 Å². The summed E-state index contributed by atoms with van der Waals surface area (Å²) >= 11 is 1.85. The van der Waals surface area contributed by atoms with Crippen LogP contribution in [0.4, 0.5) is 5.69 Å². The third-order valence-electron chi connectivity index (χ3n) is 3.07. The molecule has 1 aromatic rings. The number of hydrogen-bond donors (Lipinski definition) is 2. The summed E-state index contributed by atoms with van der Waals surface area (Å²) in [6.07, 6.45) is 3.63. The number of nitrogen functional groups attached to an aromatic ring is 1. The smallest absolute Gasteiger partial charge is 0.0482 e. The Hall–Kier alpha value is -0.670. The largest absolute Gasteiger partial charge is 0.398 e. The second-order valence-corrected chi connectivity index (χ2v) is 5.52. The van der Waals surface area contributed by atoms with Crippen molar-refractivity contribution in [3.8, 4) is 0 Å². The van der Waals surface area contributed by atoms with Crippen LogP contribution in [0.15, 0.2) is 23.1 Å². The van der Waals surface area contributed by atoms with E-state index >= 15 is 0 Å². The molecule has 0 spiro atoms. The van der Waals surface area contributed by atoms with Gasteiger partial charge in [-0.1, -0.05) is 18.6 Å². The van der Waals surface area contributed by atoms with Gasteiger partial charge in [-0.25, -0.2) is 0 Å². The van der Waals surface area contributed by atoms with Crippen molar-refractivity contribution < 1.29 is 0 Å². The molecule has 0 amide bonds. The van der Waals surface area contributed by atoms with E-state index in [-0.39, 0.29) is 0 Å². The van der Waals surface area contributed by atoms with Gasteiger partial charge in [-0.05, 0) is 31.4 Å². The summed E-state index contributed by atoms with van der Waals surface area (Å²) in [4.78, 5) is 1.19. The summed E-state index contributed by atoms with van der Waals surface area (Å²) in [5.74, 6) is 0. The highest BCUT2D eigenvalue weighted by Crippen LogP contribution is 2.37. The molecule has 0 saturated heterocycles. The summed E-state index contributed by atoms with van der Waals surface area (Å²) in [5, 5.41) is 0.550. The summed E-state index contributed by atoms with van der Waals surface area (Å²) < 4.78 is 0. The predicted molar refractivity (Wildman–Crippen MR) is 67.1 cm³/mol. The molecule has 1 aromatic carbocycles. The van der Waals surface area contributed by atoms with Gasteiger partial charge in [-0.15, -0.1) is 11.8 Å². The Bertz CT molecular complexity index is 351. The van der Waals surface area contributed by atoms with E-state index in [0.717, 1.165) is 17.7 Å². The van der Waals surface area contributed by atoms with Crippen molar-refractivity contribution in [3.05, 3.63) is 23.8 Å². The van der Waals surface area contributed by atoms with Crippen molar-refractivity contribution in [2.75, 3.05) is 5.73 Å². The van der Waals surface area contributed by atoms with Gasteiger partial charge >= 0.3 is 0 Å². The van der Waals surface area contributed by atoms with E-state index < -0.39 is 0 Å². The predicted octanol–water partition coefficient (Wildman–Crippen LogP) is 2.55. The zero-order valence-electron chi connectivity index (χ0n) is 9.07. The van der Waals surface area contributed by atoms with Crippen molar-refractivity contribution in [1.82, 2.24) is 0 Å². The molecule has 1 fully saturated rings. The average Bonchev–Trinajstić information content (AvgIpc) is 2.60. The van der Waals surface area contributed by atoms with Gasteiger partial charge in [0.15, 0.2) is 0 Å². The second kappa shape index (κ2) is 4.45. The van der Waals surface area contributed by atoms with Crippen LogP contribution < -0.4 is 11.5 Å². The Balaban J connectivity index is 2.13. The maximum atomic E-state index is 6.05. The normalized spacial score (nSPS) is 25.7. The van der Waals surface area contributed by atoms with Gasteiger partial charge in [-0.3, -0.25) is 0 Å². The zero-order valence-corrected chi connectivity index (χ0v) is 9.89. The Kier molecular flexibility index (Phi) is 3.22. The fraction of sp³-hybridized carbons (Fsp3) is 0.500. The minimum atomic E-state index is 0.343. The van der Waals surface area contributed by atoms with Gasteiger partial charge in [0.05, 0.1) is 0 Å². The molecule has 0 heterocycles. The molecule has 82 valence electrons. The van der Waals surface area contributed by atoms with Crippen molar-refractivity contribution >= 4 is 17.4 Å². The number of nitrogens with two attached hydrogens (primary N) is 2. The van der Waals surface area contributed by atoms with E-state index in [0.29, 0.717) is 11.3 Å². The number of hydrogen-bond acceptors (Lipinski definition) is 3. The van der Waals surface area contributed by atoms with Crippen LogP contribution in [0.2, 0.25) is 0 Å². The SMILES string of the molecule is Cc1cccc(SC2CCCC2N)c1N. The fourth-order valence-electron chi connectivity index (χ4n) is 2.02. The summed E-state index contributed by atoms with van der Waals surface area (Å²) in [6, 6.07) is 6.55. The van der Waals surface area contributed by atoms with Crippen LogP contribution in [0.5, 0.6) is 0 Å². The van der Waals surface area contributed by atoms with Crippen LogP contribution in [0.25, 0.3) is 0 Å². The molecule has 4 N–H and O–H groups in total. The minimum absolute atomic E-state index is 0.343. The molecule has 1 saturated carbocycles. The third kappa shape index (κ3) is 2.29. The first-order valence-electron chi connectivity index (χ1n) is 5.46. The summed E-state index contributed by atoms with van der Waals surface area (Å²) in [5.41, 5.74) is 14.2. The first-order chi connectivity index (χ1) is 7.18. The van der Waals surface area contributed by atoms with Gasteiger partial charge in [0.25, 0.3) is 0 Å². The highest BCUT2D eigenvalue weighted by atomic mass is 32.2. The van der Waals surface area contributed by atoms with Crippen molar-refractivity contribution in [3.63, 3.8) is 0 Å². The molecule has 0 aromatic heterocycles. The van der Waals surface area contributed by atoms with Gasteiger partial charge in [0.1, 0.15) is 0 Å². The van der Waals surface area contributed by atoms with Crippen molar-refractivity contribution in [2.24, 2.45) is 5.73 Å². The van der Waals surface area contributed by atoms with Crippen molar-refractivity contribution in [2.45, 2.75) is 42.4 Å². The van der Waals surface area contributed by atoms with Gasteiger partial charge in [0, 0.05) is 21.9 Å². The Morgan fingerprint density at radius 3 is 2.80 bits per heavy atom. The first kappa shape index (κ1) is 10.8. The number of para-hydroxylation sites is 1. The number of thioether (sulfide) groups is 1. The summed E-state index contributed by atoms with van der Waals surface area (Å²) in [7, 11) is 0.